The first-order valence-electron chi connectivity index (χ1n) is 6.99. The summed E-state index contributed by atoms with van der Waals surface area (Å²) in [5, 5.41) is 6.03. The van der Waals surface area contributed by atoms with E-state index in [1.54, 1.807) is 0 Å². The lowest BCUT2D eigenvalue weighted by molar-refractivity contribution is -0.133. The number of carbonyl (C=O) groups is 2. The second-order valence-electron chi connectivity index (χ2n) is 5.22. The van der Waals surface area contributed by atoms with Gasteiger partial charge in [-0.25, -0.2) is 0 Å². The van der Waals surface area contributed by atoms with Crippen LogP contribution in [0.4, 0.5) is 0 Å². The first-order chi connectivity index (χ1) is 8.70. The highest BCUT2D eigenvalue weighted by atomic mass is 16.2. The summed E-state index contributed by atoms with van der Waals surface area (Å²) >= 11 is 0. The number of amides is 2. The Hall–Kier alpha value is -1.10. The third-order valence-corrected chi connectivity index (χ3v) is 3.63. The van der Waals surface area contributed by atoms with Crippen LogP contribution in [0, 0.1) is 5.92 Å². The van der Waals surface area contributed by atoms with Crippen molar-refractivity contribution in [2.75, 3.05) is 26.2 Å². The van der Waals surface area contributed by atoms with Crippen molar-refractivity contribution < 1.29 is 9.59 Å². The van der Waals surface area contributed by atoms with Gasteiger partial charge in [0.15, 0.2) is 0 Å². The van der Waals surface area contributed by atoms with Crippen LogP contribution in [0.1, 0.15) is 32.6 Å². The minimum atomic E-state index is 0.0591. The van der Waals surface area contributed by atoms with Crippen LogP contribution in [0.3, 0.4) is 0 Å². The van der Waals surface area contributed by atoms with Crippen molar-refractivity contribution in [3.05, 3.63) is 0 Å². The molecule has 1 saturated carbocycles. The van der Waals surface area contributed by atoms with E-state index in [0.717, 1.165) is 45.3 Å². The van der Waals surface area contributed by atoms with Crippen molar-refractivity contribution in [2.45, 2.75) is 38.6 Å². The highest BCUT2D eigenvalue weighted by molar-refractivity contribution is 5.81. The Kier molecular flexibility index (Phi) is 4.58. The van der Waals surface area contributed by atoms with Gasteiger partial charge in [0.2, 0.25) is 11.8 Å². The van der Waals surface area contributed by atoms with Crippen LogP contribution in [0.15, 0.2) is 0 Å². The van der Waals surface area contributed by atoms with Crippen LogP contribution in [0.5, 0.6) is 0 Å². The molecule has 0 aromatic heterocycles. The summed E-state index contributed by atoms with van der Waals surface area (Å²) in [6.07, 6.45) is 3.91. The fraction of sp³-hybridized carbons (Fsp3) is 0.846. The molecule has 18 heavy (non-hydrogen) atoms. The lowest BCUT2D eigenvalue weighted by Gasteiger charge is -2.32. The van der Waals surface area contributed by atoms with Crippen LogP contribution >= 0.6 is 0 Å². The summed E-state index contributed by atoms with van der Waals surface area (Å²) in [7, 11) is 0. The highest BCUT2D eigenvalue weighted by Crippen LogP contribution is 2.31. The number of hydrogen-bond acceptors (Lipinski definition) is 3. The quantitative estimate of drug-likeness (QED) is 0.731. The van der Waals surface area contributed by atoms with Crippen molar-refractivity contribution in [2.24, 2.45) is 5.92 Å². The molecule has 0 unspecified atom stereocenters. The third kappa shape index (κ3) is 3.70. The first kappa shape index (κ1) is 13.3. The van der Waals surface area contributed by atoms with Gasteiger partial charge < -0.3 is 15.5 Å². The normalized spacial score (nSPS) is 20.8. The molecule has 102 valence electrons. The van der Waals surface area contributed by atoms with Gasteiger partial charge in [-0.15, -0.1) is 0 Å². The molecule has 5 heteroatoms. The van der Waals surface area contributed by atoms with Gasteiger partial charge in [0.05, 0.1) is 6.54 Å². The number of likely N-dealkylation sites (tertiary alicyclic amines) is 1. The van der Waals surface area contributed by atoms with Crippen molar-refractivity contribution in [1.82, 2.24) is 15.5 Å². The predicted molar refractivity (Wildman–Crippen MR) is 69.0 cm³/mol. The molecule has 1 heterocycles. The average Bonchev–Trinajstić information content (AvgIpc) is 3.21. The molecular formula is C13H23N3O2. The van der Waals surface area contributed by atoms with E-state index < -0.39 is 0 Å². The zero-order chi connectivity index (χ0) is 13.0. The second kappa shape index (κ2) is 6.18. The standard InChI is InChI=1S/C13H23N3O2/c1-2-14-9-12(17)15-11-5-7-16(8-6-11)13(18)10-3-4-10/h10-11,14H,2-9H2,1H3,(H,15,17). The van der Waals surface area contributed by atoms with Crippen LogP contribution in [-0.4, -0.2) is 48.9 Å². The molecule has 0 atom stereocenters. The fourth-order valence-corrected chi connectivity index (χ4v) is 2.35. The Morgan fingerprint density at radius 2 is 1.83 bits per heavy atom. The average molecular weight is 253 g/mol. The van der Waals surface area contributed by atoms with Gasteiger partial charge in [0.1, 0.15) is 0 Å². The van der Waals surface area contributed by atoms with E-state index in [1.165, 1.54) is 0 Å². The van der Waals surface area contributed by atoms with E-state index in [1.807, 2.05) is 11.8 Å². The summed E-state index contributed by atoms with van der Waals surface area (Å²) in [6.45, 7) is 4.76. The van der Waals surface area contributed by atoms with Crippen LogP contribution in [0.25, 0.3) is 0 Å². The summed E-state index contributed by atoms with van der Waals surface area (Å²) in [5.41, 5.74) is 0. The number of rotatable bonds is 5. The topological polar surface area (TPSA) is 61.4 Å². The molecule has 2 N–H and O–H groups in total. The third-order valence-electron chi connectivity index (χ3n) is 3.63. The Balaban J connectivity index is 1.66. The Morgan fingerprint density at radius 3 is 2.39 bits per heavy atom. The zero-order valence-corrected chi connectivity index (χ0v) is 11.1. The number of nitrogens with zero attached hydrogens (tertiary/aromatic N) is 1. The number of likely N-dealkylation sites (N-methyl/N-ethyl adjacent to an activating group) is 1. The SMILES string of the molecule is CCNCC(=O)NC1CCN(C(=O)C2CC2)CC1. The van der Waals surface area contributed by atoms with Crippen molar-refractivity contribution in [3.8, 4) is 0 Å². The van der Waals surface area contributed by atoms with E-state index in [9.17, 15) is 9.59 Å². The summed E-state index contributed by atoms with van der Waals surface area (Å²) in [4.78, 5) is 25.4. The molecule has 0 aromatic carbocycles. The number of piperidine rings is 1. The van der Waals surface area contributed by atoms with E-state index in [4.69, 9.17) is 0 Å². The molecule has 0 radical (unpaired) electrons. The maximum absolute atomic E-state index is 11.9. The number of hydrogen-bond donors (Lipinski definition) is 2. The van der Waals surface area contributed by atoms with E-state index in [0.29, 0.717) is 18.4 Å². The zero-order valence-electron chi connectivity index (χ0n) is 11.1. The molecule has 1 aliphatic heterocycles. The number of carbonyl (C=O) groups excluding carboxylic acids is 2. The summed E-state index contributed by atoms with van der Waals surface area (Å²) in [5.74, 6) is 0.696. The van der Waals surface area contributed by atoms with Crippen molar-refractivity contribution >= 4 is 11.8 Å². The molecular weight excluding hydrogens is 230 g/mol. The molecule has 1 aliphatic carbocycles. The lowest BCUT2D eigenvalue weighted by atomic mass is 10.0. The maximum atomic E-state index is 11.9. The van der Waals surface area contributed by atoms with Crippen molar-refractivity contribution in [3.63, 3.8) is 0 Å². The largest absolute Gasteiger partial charge is 0.352 e. The Labute approximate surface area is 108 Å². The minimum Gasteiger partial charge on any atom is -0.352 e. The van der Waals surface area contributed by atoms with Gasteiger partial charge in [0.25, 0.3) is 0 Å². The second-order valence-corrected chi connectivity index (χ2v) is 5.22. The van der Waals surface area contributed by atoms with Crippen LogP contribution in [0.2, 0.25) is 0 Å². The molecule has 0 aromatic rings. The molecule has 2 fully saturated rings. The van der Waals surface area contributed by atoms with Crippen LogP contribution < -0.4 is 10.6 Å². The number of nitrogens with one attached hydrogen (secondary N) is 2. The van der Waals surface area contributed by atoms with Crippen molar-refractivity contribution in [1.29, 1.82) is 0 Å². The highest BCUT2D eigenvalue weighted by Gasteiger charge is 2.34. The Bertz CT molecular complexity index is 307. The van der Waals surface area contributed by atoms with Gasteiger partial charge in [-0.05, 0) is 32.2 Å². The predicted octanol–water partition coefficient (Wildman–Crippen LogP) is 0.113. The smallest absolute Gasteiger partial charge is 0.234 e. The van der Waals surface area contributed by atoms with Crippen LogP contribution in [-0.2, 0) is 9.59 Å². The fourth-order valence-electron chi connectivity index (χ4n) is 2.35. The lowest BCUT2D eigenvalue weighted by Crippen LogP contribution is -2.48. The molecule has 0 bridgehead atoms. The molecule has 0 spiro atoms. The minimum absolute atomic E-state index is 0.0591. The molecule has 2 amide bonds. The van der Waals surface area contributed by atoms with E-state index >= 15 is 0 Å². The summed E-state index contributed by atoms with van der Waals surface area (Å²) < 4.78 is 0. The molecule has 2 aliphatic rings. The van der Waals surface area contributed by atoms with Gasteiger partial charge in [0, 0.05) is 25.0 Å². The van der Waals surface area contributed by atoms with E-state index in [2.05, 4.69) is 10.6 Å². The monoisotopic (exact) mass is 253 g/mol. The van der Waals surface area contributed by atoms with Gasteiger partial charge in [-0.3, -0.25) is 9.59 Å². The molecule has 1 saturated heterocycles. The maximum Gasteiger partial charge on any atom is 0.234 e. The van der Waals surface area contributed by atoms with Gasteiger partial charge in [-0.1, -0.05) is 6.92 Å². The van der Waals surface area contributed by atoms with Gasteiger partial charge in [-0.2, -0.15) is 0 Å². The molecule has 5 nitrogen and oxygen atoms in total. The first-order valence-corrected chi connectivity index (χ1v) is 6.99. The van der Waals surface area contributed by atoms with E-state index in [-0.39, 0.29) is 11.9 Å². The molecule has 2 rings (SSSR count). The Morgan fingerprint density at radius 1 is 1.17 bits per heavy atom. The van der Waals surface area contributed by atoms with Gasteiger partial charge >= 0.3 is 0 Å². The summed E-state index contributed by atoms with van der Waals surface area (Å²) in [6, 6.07) is 0.236.